The predicted octanol–water partition coefficient (Wildman–Crippen LogP) is 2.86. The number of hydrogen-bond donors (Lipinski definition) is 1. The summed E-state index contributed by atoms with van der Waals surface area (Å²) in [7, 11) is 0. The maximum Gasteiger partial charge on any atom is 0.416 e. The van der Waals surface area contributed by atoms with Crippen LogP contribution in [0.15, 0.2) is 24.9 Å². The maximum absolute atomic E-state index is 11.3. The molecule has 0 amide bonds. The van der Waals surface area contributed by atoms with Crippen LogP contribution in [-0.4, -0.2) is 40.6 Å². The molecule has 23 heavy (non-hydrogen) atoms. The Bertz CT molecular complexity index is 779. The summed E-state index contributed by atoms with van der Waals surface area (Å²) in [6.45, 7) is 4.52. The van der Waals surface area contributed by atoms with Gasteiger partial charge in [-0.3, -0.25) is 4.57 Å². The quantitative estimate of drug-likeness (QED) is 0.617. The van der Waals surface area contributed by atoms with E-state index < -0.39 is 6.09 Å². The Balaban J connectivity index is 2.31. The first kappa shape index (κ1) is 16.8. The van der Waals surface area contributed by atoms with Gasteiger partial charge in [0.1, 0.15) is 11.6 Å². The first-order chi connectivity index (χ1) is 11.1. The summed E-state index contributed by atoms with van der Waals surface area (Å²) in [6, 6.07) is 3.44. The summed E-state index contributed by atoms with van der Waals surface area (Å²) >= 11 is 6.09. The Kier molecular flexibility index (Phi) is 5.57. The van der Waals surface area contributed by atoms with Crippen molar-refractivity contribution in [2.45, 2.75) is 6.42 Å². The summed E-state index contributed by atoms with van der Waals surface area (Å²) in [4.78, 5) is 15.5. The van der Waals surface area contributed by atoms with E-state index in [2.05, 4.69) is 11.6 Å². The van der Waals surface area contributed by atoms with Gasteiger partial charge in [-0.15, -0.1) is 6.58 Å². The van der Waals surface area contributed by atoms with Crippen molar-refractivity contribution in [3.63, 3.8) is 0 Å². The Morgan fingerprint density at radius 2 is 2.35 bits per heavy atom. The van der Waals surface area contributed by atoms with Gasteiger partial charge >= 0.3 is 6.09 Å². The molecule has 1 N–H and O–H groups in total. The van der Waals surface area contributed by atoms with Gasteiger partial charge in [-0.1, -0.05) is 17.7 Å². The van der Waals surface area contributed by atoms with E-state index in [-0.39, 0.29) is 23.9 Å². The zero-order chi connectivity index (χ0) is 16.8. The molecule has 0 atom stereocenters. The predicted molar refractivity (Wildman–Crippen MR) is 84.0 cm³/mol. The number of nitrogens with zero attached hydrogens (tertiary/aromatic N) is 3. The van der Waals surface area contributed by atoms with E-state index in [1.165, 1.54) is 12.3 Å². The molecule has 2 heterocycles. The minimum Gasteiger partial charge on any atom is -0.474 e. The van der Waals surface area contributed by atoms with Gasteiger partial charge in [0.2, 0.25) is 5.88 Å². The molecule has 7 nitrogen and oxygen atoms in total. The molecule has 0 aliphatic heterocycles. The third-order valence-electron chi connectivity index (χ3n) is 2.95. The largest absolute Gasteiger partial charge is 0.474 e. The lowest BCUT2D eigenvalue weighted by Gasteiger charge is -2.08. The second kappa shape index (κ2) is 7.63. The highest BCUT2D eigenvalue weighted by atomic mass is 35.5. The molecule has 2 aromatic rings. The van der Waals surface area contributed by atoms with Crippen molar-refractivity contribution in [1.82, 2.24) is 9.55 Å². The fourth-order valence-corrected chi connectivity index (χ4v) is 2.21. The summed E-state index contributed by atoms with van der Waals surface area (Å²) in [5, 5.41) is 18.2. The van der Waals surface area contributed by atoms with Gasteiger partial charge in [0.05, 0.1) is 36.7 Å². The Hall–Kier alpha value is -2.56. The van der Waals surface area contributed by atoms with Crippen molar-refractivity contribution in [3.8, 4) is 11.9 Å². The lowest BCUT2D eigenvalue weighted by Crippen LogP contribution is -2.08. The van der Waals surface area contributed by atoms with E-state index in [1.54, 1.807) is 6.08 Å². The molecule has 8 heteroatoms. The number of carbonyl (C=O) groups is 1. The number of nitriles is 1. The highest BCUT2D eigenvalue weighted by Crippen LogP contribution is 2.29. The first-order valence-electron chi connectivity index (χ1n) is 6.70. The van der Waals surface area contributed by atoms with E-state index in [0.29, 0.717) is 29.8 Å². The van der Waals surface area contributed by atoms with Crippen LogP contribution >= 0.6 is 11.6 Å². The van der Waals surface area contributed by atoms with Crippen LogP contribution in [0.1, 0.15) is 5.56 Å². The molecule has 120 valence electrons. The third kappa shape index (κ3) is 3.80. The van der Waals surface area contributed by atoms with Gasteiger partial charge in [-0.05, 0) is 6.07 Å². The molecule has 0 aliphatic rings. The van der Waals surface area contributed by atoms with Gasteiger partial charge in [-0.25, -0.2) is 9.78 Å². The fraction of sp³-hybridized carbons (Fsp3) is 0.267. The zero-order valence-corrected chi connectivity index (χ0v) is 12.9. The fourth-order valence-electron chi connectivity index (χ4n) is 2.01. The molecule has 0 aromatic carbocycles. The van der Waals surface area contributed by atoms with Crippen molar-refractivity contribution in [2.24, 2.45) is 0 Å². The van der Waals surface area contributed by atoms with E-state index >= 15 is 0 Å². The molecule has 0 saturated heterocycles. The van der Waals surface area contributed by atoms with E-state index in [0.717, 1.165) is 4.57 Å². The monoisotopic (exact) mass is 335 g/mol. The average molecular weight is 336 g/mol. The van der Waals surface area contributed by atoms with Crippen LogP contribution in [-0.2, 0) is 11.2 Å². The molecule has 0 bridgehead atoms. The normalized spacial score (nSPS) is 10.4. The molecular weight excluding hydrogens is 322 g/mol. The number of pyridine rings is 1. The van der Waals surface area contributed by atoms with Crippen LogP contribution in [0.2, 0.25) is 5.02 Å². The number of fused-ring (bicyclic) bond motifs is 1. The number of rotatable bonds is 7. The van der Waals surface area contributed by atoms with Crippen LogP contribution in [0.25, 0.3) is 11.0 Å². The summed E-state index contributed by atoms with van der Waals surface area (Å²) in [5.74, 6) is 0.170. The average Bonchev–Trinajstić information content (AvgIpc) is 2.85. The van der Waals surface area contributed by atoms with Crippen molar-refractivity contribution in [2.75, 3.05) is 19.8 Å². The van der Waals surface area contributed by atoms with Gasteiger partial charge in [-0.2, -0.15) is 5.26 Å². The number of halogens is 1. The molecule has 0 fully saturated rings. The molecule has 0 radical (unpaired) electrons. The Morgan fingerprint density at radius 3 is 3.00 bits per heavy atom. The molecule has 0 aliphatic carbocycles. The van der Waals surface area contributed by atoms with E-state index in [9.17, 15) is 9.90 Å². The SMILES string of the molecule is C=CCOCCOc1nc2c(CC#N)cn(C(=O)O)c2cc1Cl. The molecule has 0 saturated carbocycles. The van der Waals surface area contributed by atoms with Crippen LogP contribution < -0.4 is 4.74 Å². The van der Waals surface area contributed by atoms with Crippen LogP contribution in [0.3, 0.4) is 0 Å². The number of hydrogen-bond acceptors (Lipinski definition) is 5. The molecule has 2 rings (SSSR count). The van der Waals surface area contributed by atoms with Crippen LogP contribution in [0.4, 0.5) is 4.79 Å². The molecular formula is C15H14ClN3O4. The van der Waals surface area contributed by atoms with Crippen LogP contribution in [0, 0.1) is 11.3 Å². The highest BCUT2D eigenvalue weighted by Gasteiger charge is 2.17. The van der Waals surface area contributed by atoms with Gasteiger partial charge in [0.25, 0.3) is 0 Å². The van der Waals surface area contributed by atoms with Crippen molar-refractivity contribution in [3.05, 3.63) is 35.5 Å². The van der Waals surface area contributed by atoms with Crippen molar-refractivity contribution >= 4 is 28.7 Å². The highest BCUT2D eigenvalue weighted by molar-refractivity contribution is 6.32. The summed E-state index contributed by atoms with van der Waals surface area (Å²) in [6.07, 6.45) is 1.84. The zero-order valence-electron chi connectivity index (χ0n) is 12.2. The minimum absolute atomic E-state index is 0.0350. The van der Waals surface area contributed by atoms with Crippen LogP contribution in [0.5, 0.6) is 5.88 Å². The number of aromatic nitrogens is 2. The maximum atomic E-state index is 11.3. The standard InChI is InChI=1S/C15H14ClN3O4/c1-2-5-22-6-7-23-14-11(16)8-12-13(18-14)10(3-4-17)9-19(12)15(20)21/h2,8-9H,1,3,5-7H2,(H,20,21). The van der Waals surface area contributed by atoms with E-state index in [1.807, 2.05) is 6.07 Å². The lowest BCUT2D eigenvalue weighted by molar-refractivity contribution is 0.119. The number of carboxylic acid groups (broad SMARTS) is 1. The van der Waals surface area contributed by atoms with Crippen molar-refractivity contribution in [1.29, 1.82) is 5.26 Å². The third-order valence-corrected chi connectivity index (χ3v) is 3.22. The van der Waals surface area contributed by atoms with Gasteiger partial charge < -0.3 is 14.6 Å². The van der Waals surface area contributed by atoms with Gasteiger partial charge in [0.15, 0.2) is 0 Å². The van der Waals surface area contributed by atoms with Gasteiger partial charge in [0, 0.05) is 11.8 Å². The van der Waals surface area contributed by atoms with Crippen molar-refractivity contribution < 1.29 is 19.4 Å². The second-order valence-corrected chi connectivity index (χ2v) is 4.90. The van der Waals surface area contributed by atoms with E-state index in [4.69, 9.17) is 26.3 Å². The lowest BCUT2D eigenvalue weighted by atomic mass is 10.2. The topological polar surface area (TPSA) is 97.4 Å². The second-order valence-electron chi connectivity index (χ2n) is 4.50. The Morgan fingerprint density at radius 1 is 1.57 bits per heavy atom. The number of ether oxygens (including phenoxy) is 2. The summed E-state index contributed by atoms with van der Waals surface area (Å²) < 4.78 is 11.6. The Labute approximate surface area is 137 Å². The first-order valence-corrected chi connectivity index (χ1v) is 7.08. The smallest absolute Gasteiger partial charge is 0.416 e. The molecule has 0 spiro atoms. The molecule has 2 aromatic heterocycles. The minimum atomic E-state index is -1.18. The summed E-state index contributed by atoms with van der Waals surface area (Å²) in [5.41, 5.74) is 1.18. The molecule has 0 unspecified atom stereocenters.